The van der Waals surface area contributed by atoms with Crippen LogP contribution in [0.1, 0.15) is 47.2 Å². The van der Waals surface area contributed by atoms with Crippen LogP contribution in [0.3, 0.4) is 0 Å². The van der Waals surface area contributed by atoms with Crippen molar-refractivity contribution in [3.8, 4) is 56.2 Å². The maximum absolute atomic E-state index is 14.6. The summed E-state index contributed by atoms with van der Waals surface area (Å²) in [6, 6.07) is 23.2. The van der Waals surface area contributed by atoms with E-state index in [0.29, 0.717) is 11.1 Å². The minimum absolute atomic E-state index is 0.135. The summed E-state index contributed by atoms with van der Waals surface area (Å²) in [4.78, 5) is 8.80. The van der Waals surface area contributed by atoms with Crippen LogP contribution in [0.4, 0.5) is 52.7 Å². The summed E-state index contributed by atoms with van der Waals surface area (Å²) < 4.78 is 175. The number of nitrogens with zero attached hydrogens (tertiary/aromatic N) is 2. The molecular formula is C43H24F12N2. The molecule has 2 heterocycles. The van der Waals surface area contributed by atoms with E-state index in [9.17, 15) is 52.7 Å². The molecule has 6 aromatic rings. The van der Waals surface area contributed by atoms with Crippen LogP contribution >= 0.6 is 0 Å². The van der Waals surface area contributed by atoms with Gasteiger partial charge in [-0.25, -0.2) is 9.97 Å². The Bertz CT molecular complexity index is 2470. The third-order valence-corrected chi connectivity index (χ3v) is 11.7. The van der Waals surface area contributed by atoms with Gasteiger partial charge in [0.2, 0.25) is 10.8 Å². The van der Waals surface area contributed by atoms with Gasteiger partial charge in [0.25, 0.3) is 0 Å². The molecule has 0 saturated carbocycles. The van der Waals surface area contributed by atoms with E-state index in [-0.39, 0.29) is 22.5 Å². The van der Waals surface area contributed by atoms with Gasteiger partial charge in [-0.05, 0) is 57.6 Å². The van der Waals surface area contributed by atoms with Crippen LogP contribution in [0, 0.1) is 0 Å². The Balaban J connectivity index is 1.12. The largest absolute Gasteiger partial charge is 0.411 e. The number of aromatic nitrogens is 2. The summed E-state index contributed by atoms with van der Waals surface area (Å²) in [6.45, 7) is 3.76. The predicted molar refractivity (Wildman–Crippen MR) is 187 cm³/mol. The van der Waals surface area contributed by atoms with Gasteiger partial charge in [0.15, 0.2) is 0 Å². The van der Waals surface area contributed by atoms with Crippen LogP contribution in [0.25, 0.3) is 56.2 Å². The maximum atomic E-state index is 14.6. The first-order valence-electron chi connectivity index (χ1n) is 17.4. The van der Waals surface area contributed by atoms with Crippen LogP contribution in [0.15, 0.2) is 109 Å². The van der Waals surface area contributed by atoms with Gasteiger partial charge in [-0.1, -0.05) is 98.8 Å². The molecule has 2 aromatic heterocycles. The van der Waals surface area contributed by atoms with Crippen LogP contribution in [0.2, 0.25) is 0 Å². The molecule has 290 valence electrons. The normalized spacial score (nSPS) is 17.0. The average Bonchev–Trinajstić information content (AvgIpc) is 3.70. The number of benzene rings is 4. The van der Waals surface area contributed by atoms with Gasteiger partial charge in [0.05, 0.1) is 22.8 Å². The van der Waals surface area contributed by atoms with Crippen LogP contribution in [-0.4, -0.2) is 34.7 Å². The van der Waals surface area contributed by atoms with Crippen LogP contribution < -0.4 is 0 Å². The summed E-state index contributed by atoms with van der Waals surface area (Å²) in [5, 5.41) is 0. The second kappa shape index (κ2) is 11.3. The molecule has 0 saturated heterocycles. The van der Waals surface area contributed by atoms with E-state index in [1.165, 1.54) is 24.3 Å². The fourth-order valence-corrected chi connectivity index (χ4v) is 9.18. The van der Waals surface area contributed by atoms with E-state index in [1.54, 1.807) is 36.4 Å². The van der Waals surface area contributed by atoms with Crippen LogP contribution in [-0.2, 0) is 16.2 Å². The highest BCUT2D eigenvalue weighted by Gasteiger charge is 2.77. The van der Waals surface area contributed by atoms with Crippen LogP contribution in [0.5, 0.6) is 0 Å². The predicted octanol–water partition coefficient (Wildman–Crippen LogP) is 12.9. The number of rotatable bonds is 2. The van der Waals surface area contributed by atoms with Crippen molar-refractivity contribution in [1.29, 1.82) is 0 Å². The molecule has 2 nitrogen and oxygen atoms in total. The minimum Gasteiger partial charge on any atom is -0.247 e. The average molecular weight is 797 g/mol. The van der Waals surface area contributed by atoms with E-state index in [2.05, 4.69) is 9.97 Å². The smallest absolute Gasteiger partial charge is 0.247 e. The van der Waals surface area contributed by atoms with Crippen molar-refractivity contribution in [2.75, 3.05) is 0 Å². The molecule has 0 N–H and O–H groups in total. The molecule has 0 unspecified atom stereocenters. The molecule has 57 heavy (non-hydrogen) atoms. The molecule has 3 aliphatic carbocycles. The van der Waals surface area contributed by atoms with Crippen molar-refractivity contribution in [2.45, 2.75) is 54.8 Å². The second-order valence-corrected chi connectivity index (χ2v) is 14.9. The number of hydrogen-bond donors (Lipinski definition) is 0. The van der Waals surface area contributed by atoms with Gasteiger partial charge in [-0.2, -0.15) is 52.7 Å². The van der Waals surface area contributed by atoms with Crippen molar-refractivity contribution in [3.63, 3.8) is 0 Å². The molecule has 0 aliphatic heterocycles. The van der Waals surface area contributed by atoms with E-state index >= 15 is 0 Å². The fourth-order valence-electron chi connectivity index (χ4n) is 9.18. The highest BCUT2D eigenvalue weighted by atomic mass is 19.4. The molecule has 0 radical (unpaired) electrons. The zero-order valence-corrected chi connectivity index (χ0v) is 29.3. The molecule has 14 heteroatoms. The quantitative estimate of drug-likeness (QED) is 0.163. The Kier molecular flexibility index (Phi) is 7.30. The Morgan fingerprint density at radius 1 is 0.368 bits per heavy atom. The number of hydrogen-bond acceptors (Lipinski definition) is 2. The standard InChI is InChI=1S/C43H24F12N2/c1-37(2)31-19-21(33-17-15-29-35(56-33)25-7-3-5-9-27(25)38(29,40(44,45)46)41(47,48)49)11-13-23(31)24-14-12-22(20-32(24)37)34-18-16-30-36(57-34)26-8-4-6-10-28(26)39(30,42(50,51)52)43(53,54)55/h3-20H,1-2H3. The molecule has 9 rings (SSSR count). The van der Waals surface area contributed by atoms with E-state index in [4.69, 9.17) is 0 Å². The molecule has 0 bridgehead atoms. The molecule has 0 fully saturated rings. The van der Waals surface area contributed by atoms with Gasteiger partial charge in [-0.3, -0.25) is 0 Å². The summed E-state index contributed by atoms with van der Waals surface area (Å²) in [6.07, 6.45) is -22.9. The van der Waals surface area contributed by atoms with Crippen molar-refractivity contribution in [2.24, 2.45) is 0 Å². The highest BCUT2D eigenvalue weighted by Crippen LogP contribution is 2.65. The zero-order chi connectivity index (χ0) is 40.9. The number of alkyl halides is 12. The minimum atomic E-state index is -5.73. The Labute approximate surface area is 315 Å². The van der Waals surface area contributed by atoms with Crippen molar-refractivity contribution < 1.29 is 52.7 Å². The van der Waals surface area contributed by atoms with Gasteiger partial charge >= 0.3 is 24.7 Å². The van der Waals surface area contributed by atoms with Crippen molar-refractivity contribution in [1.82, 2.24) is 9.97 Å². The van der Waals surface area contributed by atoms with Crippen molar-refractivity contribution >= 4 is 0 Å². The molecule has 0 spiro atoms. The fraction of sp³-hybridized carbons (Fsp3) is 0.209. The summed E-state index contributed by atoms with van der Waals surface area (Å²) >= 11 is 0. The highest BCUT2D eigenvalue weighted by molar-refractivity contribution is 5.87. The zero-order valence-electron chi connectivity index (χ0n) is 29.3. The third kappa shape index (κ3) is 4.58. The first-order valence-corrected chi connectivity index (χ1v) is 17.4. The first kappa shape index (κ1) is 36.9. The van der Waals surface area contributed by atoms with E-state index < -0.39 is 74.6 Å². The number of fused-ring (bicyclic) bond motifs is 9. The van der Waals surface area contributed by atoms with Gasteiger partial charge in [0.1, 0.15) is 0 Å². The summed E-state index contributed by atoms with van der Waals surface area (Å²) in [5.41, 5.74) is -10.6. The summed E-state index contributed by atoms with van der Waals surface area (Å²) in [5.74, 6) is 0. The SMILES string of the molecule is CC1(C)c2cc(-c3ccc4c(n3)-c3ccccc3C4(C(F)(F)F)C(F)(F)F)ccc2-c2ccc(-c3ccc4c(n3)-c3ccccc3C4(C(F)(F)F)C(F)(F)F)cc21. The second-order valence-electron chi connectivity index (χ2n) is 14.9. The third-order valence-electron chi connectivity index (χ3n) is 11.7. The first-order chi connectivity index (χ1) is 26.6. The molecule has 0 amide bonds. The van der Waals surface area contributed by atoms with Gasteiger partial charge in [-0.15, -0.1) is 0 Å². The lowest BCUT2D eigenvalue weighted by Crippen LogP contribution is -2.53. The number of halogens is 12. The lowest BCUT2D eigenvalue weighted by Gasteiger charge is -2.35. The van der Waals surface area contributed by atoms with Crippen molar-refractivity contribution in [3.05, 3.63) is 143 Å². The topological polar surface area (TPSA) is 25.8 Å². The number of pyridine rings is 2. The Morgan fingerprint density at radius 2 is 0.719 bits per heavy atom. The van der Waals surface area contributed by atoms with Gasteiger partial charge < -0.3 is 0 Å². The lowest BCUT2D eigenvalue weighted by atomic mass is 9.76. The van der Waals surface area contributed by atoms with E-state index in [1.807, 2.05) is 13.8 Å². The monoisotopic (exact) mass is 796 g/mol. The Morgan fingerprint density at radius 3 is 1.07 bits per heavy atom. The maximum Gasteiger partial charge on any atom is 0.411 e. The molecule has 3 aliphatic rings. The molecule has 0 atom stereocenters. The lowest BCUT2D eigenvalue weighted by molar-refractivity contribution is -0.288. The van der Waals surface area contributed by atoms with Gasteiger partial charge in [0, 0.05) is 38.8 Å². The Hall–Kier alpha value is -5.66. The summed E-state index contributed by atoms with van der Waals surface area (Å²) in [7, 11) is 0. The van der Waals surface area contributed by atoms with E-state index in [0.717, 1.165) is 70.8 Å². The molecule has 4 aromatic carbocycles. The molecular weight excluding hydrogens is 772 g/mol.